The molecule has 0 radical (unpaired) electrons. The van der Waals surface area contributed by atoms with E-state index in [9.17, 15) is 0 Å². The van der Waals surface area contributed by atoms with Gasteiger partial charge in [0.1, 0.15) is 0 Å². The Labute approximate surface area is 121 Å². The van der Waals surface area contributed by atoms with Crippen LogP contribution in [0.1, 0.15) is 50.4 Å². The van der Waals surface area contributed by atoms with Gasteiger partial charge >= 0.3 is 0 Å². The molecule has 1 aromatic heterocycles. The summed E-state index contributed by atoms with van der Waals surface area (Å²) in [6, 6.07) is 0. The highest BCUT2D eigenvalue weighted by Gasteiger charge is 2.11. The molecule has 0 aliphatic heterocycles. The van der Waals surface area contributed by atoms with Crippen LogP contribution in [0.25, 0.3) is 0 Å². The Hall–Kier alpha value is -0.800. The second-order valence-corrected chi connectivity index (χ2v) is 5.57. The monoisotopic (exact) mass is 281 g/mol. The zero-order valence-electron chi connectivity index (χ0n) is 12.0. The van der Waals surface area contributed by atoms with E-state index in [2.05, 4.69) is 23.4 Å². The van der Waals surface area contributed by atoms with E-state index >= 15 is 0 Å². The molecule has 4 heteroatoms. The fourth-order valence-electron chi connectivity index (χ4n) is 2.63. The lowest BCUT2D eigenvalue weighted by atomic mass is 9.97. The van der Waals surface area contributed by atoms with E-state index < -0.39 is 0 Å². The van der Waals surface area contributed by atoms with Gasteiger partial charge in [0.2, 0.25) is 0 Å². The van der Waals surface area contributed by atoms with Crippen LogP contribution in [0.5, 0.6) is 0 Å². The van der Waals surface area contributed by atoms with E-state index in [1.54, 1.807) is 5.57 Å². The number of nitrogens with zero attached hydrogens (tertiary/aromatic N) is 2. The third-order valence-corrected chi connectivity index (χ3v) is 4.24. The molecule has 1 aliphatic carbocycles. The summed E-state index contributed by atoms with van der Waals surface area (Å²) in [4.78, 5) is 0. The van der Waals surface area contributed by atoms with Gasteiger partial charge in [0.25, 0.3) is 0 Å². The maximum atomic E-state index is 6.29. The highest BCUT2D eigenvalue weighted by Crippen LogP contribution is 2.21. The first-order valence-corrected chi connectivity index (χ1v) is 7.70. The van der Waals surface area contributed by atoms with E-state index in [-0.39, 0.29) is 0 Å². The van der Waals surface area contributed by atoms with Crippen LogP contribution in [0.15, 0.2) is 11.6 Å². The van der Waals surface area contributed by atoms with Gasteiger partial charge in [0.15, 0.2) is 0 Å². The molecule has 0 aromatic carbocycles. The van der Waals surface area contributed by atoms with Crippen molar-refractivity contribution in [2.45, 2.75) is 59.0 Å². The Bertz CT molecular complexity index is 448. The lowest BCUT2D eigenvalue weighted by Crippen LogP contribution is -2.18. The summed E-state index contributed by atoms with van der Waals surface area (Å²) >= 11 is 6.29. The maximum absolute atomic E-state index is 6.29. The molecule has 106 valence electrons. The minimum Gasteiger partial charge on any atom is -0.311 e. The number of nitrogens with one attached hydrogen (secondary N) is 1. The van der Waals surface area contributed by atoms with Gasteiger partial charge in [0, 0.05) is 13.1 Å². The van der Waals surface area contributed by atoms with Gasteiger partial charge in [-0.05, 0) is 52.5 Å². The lowest BCUT2D eigenvalue weighted by Gasteiger charge is -2.13. The minimum absolute atomic E-state index is 0.806. The van der Waals surface area contributed by atoms with E-state index in [0.717, 1.165) is 42.5 Å². The number of halogens is 1. The van der Waals surface area contributed by atoms with Crippen molar-refractivity contribution in [2.24, 2.45) is 0 Å². The van der Waals surface area contributed by atoms with Crippen molar-refractivity contribution >= 4 is 11.6 Å². The van der Waals surface area contributed by atoms with Gasteiger partial charge in [-0.25, -0.2) is 0 Å². The van der Waals surface area contributed by atoms with Gasteiger partial charge < -0.3 is 5.32 Å². The molecule has 19 heavy (non-hydrogen) atoms. The van der Waals surface area contributed by atoms with E-state index in [1.807, 2.05) is 11.6 Å². The highest BCUT2D eigenvalue weighted by molar-refractivity contribution is 6.31. The topological polar surface area (TPSA) is 29.9 Å². The zero-order chi connectivity index (χ0) is 13.7. The number of aryl methyl sites for hydroxylation is 2. The standard InChI is InChI=1S/C15H24ClN3/c1-3-19-14(15(16)12(2)18-19)11-17-10-9-13-7-5-4-6-8-13/h7,17H,3-6,8-11H2,1-2H3. The van der Waals surface area contributed by atoms with E-state index in [0.29, 0.717) is 0 Å². The molecule has 1 N–H and O–H groups in total. The first-order valence-electron chi connectivity index (χ1n) is 7.32. The smallest absolute Gasteiger partial charge is 0.0860 e. The van der Waals surface area contributed by atoms with E-state index in [4.69, 9.17) is 11.6 Å². The Morgan fingerprint density at radius 1 is 1.42 bits per heavy atom. The van der Waals surface area contributed by atoms with Crippen molar-refractivity contribution in [1.29, 1.82) is 0 Å². The predicted molar refractivity (Wildman–Crippen MR) is 80.5 cm³/mol. The first-order chi connectivity index (χ1) is 9.22. The van der Waals surface area contributed by atoms with Gasteiger partial charge in [0.05, 0.1) is 16.4 Å². The van der Waals surface area contributed by atoms with Crippen molar-refractivity contribution in [1.82, 2.24) is 15.1 Å². The summed E-state index contributed by atoms with van der Waals surface area (Å²) in [6.45, 7) is 6.76. The van der Waals surface area contributed by atoms with Crippen LogP contribution in [0, 0.1) is 6.92 Å². The van der Waals surface area contributed by atoms with Crippen molar-refractivity contribution < 1.29 is 0 Å². The second-order valence-electron chi connectivity index (χ2n) is 5.20. The van der Waals surface area contributed by atoms with Crippen molar-refractivity contribution in [3.05, 3.63) is 28.1 Å². The molecule has 2 rings (SSSR count). The minimum atomic E-state index is 0.806. The van der Waals surface area contributed by atoms with Crippen LogP contribution in [0.3, 0.4) is 0 Å². The SMILES string of the molecule is CCn1nc(C)c(Cl)c1CNCCC1=CCCCC1. The molecule has 0 saturated carbocycles. The third-order valence-electron chi connectivity index (χ3n) is 3.75. The number of allylic oxidation sites excluding steroid dienone is 1. The van der Waals surface area contributed by atoms with Gasteiger partial charge in [-0.15, -0.1) is 0 Å². The Morgan fingerprint density at radius 2 is 2.26 bits per heavy atom. The molecule has 0 atom stereocenters. The number of hydrogen-bond acceptors (Lipinski definition) is 2. The fourth-order valence-corrected chi connectivity index (χ4v) is 2.83. The molecule has 0 unspecified atom stereocenters. The average molecular weight is 282 g/mol. The molecule has 1 aromatic rings. The lowest BCUT2D eigenvalue weighted by molar-refractivity contribution is 0.573. The molecule has 0 saturated heterocycles. The molecule has 3 nitrogen and oxygen atoms in total. The summed E-state index contributed by atoms with van der Waals surface area (Å²) < 4.78 is 1.99. The van der Waals surface area contributed by atoms with Gasteiger partial charge in [-0.1, -0.05) is 23.3 Å². The second kappa shape index (κ2) is 7.11. The van der Waals surface area contributed by atoms with Crippen molar-refractivity contribution in [3.63, 3.8) is 0 Å². The molecule has 1 aliphatic rings. The summed E-state index contributed by atoms with van der Waals surface area (Å²) in [5.41, 5.74) is 3.65. The maximum Gasteiger partial charge on any atom is 0.0860 e. The number of rotatable bonds is 6. The summed E-state index contributed by atoms with van der Waals surface area (Å²) in [7, 11) is 0. The number of aromatic nitrogens is 2. The largest absolute Gasteiger partial charge is 0.311 e. The van der Waals surface area contributed by atoms with Crippen molar-refractivity contribution in [3.8, 4) is 0 Å². The number of hydrogen-bond donors (Lipinski definition) is 1. The Balaban J connectivity index is 1.80. The van der Waals surface area contributed by atoms with Gasteiger partial charge in [-0.2, -0.15) is 5.10 Å². The quantitative estimate of drug-likeness (QED) is 0.634. The molecule has 0 amide bonds. The molecule has 1 heterocycles. The molecular formula is C15H24ClN3. The molecule has 0 spiro atoms. The van der Waals surface area contributed by atoms with Gasteiger partial charge in [-0.3, -0.25) is 4.68 Å². The summed E-state index contributed by atoms with van der Waals surface area (Å²) in [6.07, 6.45) is 8.85. The summed E-state index contributed by atoms with van der Waals surface area (Å²) in [5.74, 6) is 0. The normalized spacial score (nSPS) is 15.6. The van der Waals surface area contributed by atoms with Crippen molar-refractivity contribution in [2.75, 3.05) is 6.54 Å². The summed E-state index contributed by atoms with van der Waals surface area (Å²) in [5, 5.41) is 8.73. The van der Waals surface area contributed by atoms with Crippen LogP contribution in [-0.4, -0.2) is 16.3 Å². The zero-order valence-corrected chi connectivity index (χ0v) is 12.8. The molecule has 0 fully saturated rings. The predicted octanol–water partition coefficient (Wildman–Crippen LogP) is 3.84. The Kier molecular flexibility index (Phi) is 5.46. The molecular weight excluding hydrogens is 258 g/mol. The van der Waals surface area contributed by atoms with Crippen LogP contribution in [0.2, 0.25) is 5.02 Å². The van der Waals surface area contributed by atoms with Crippen LogP contribution in [-0.2, 0) is 13.1 Å². The molecule has 0 bridgehead atoms. The van der Waals surface area contributed by atoms with E-state index in [1.165, 1.54) is 25.7 Å². The van der Waals surface area contributed by atoms with Crippen LogP contribution in [0.4, 0.5) is 0 Å². The van der Waals surface area contributed by atoms with Crippen LogP contribution < -0.4 is 5.32 Å². The third kappa shape index (κ3) is 3.83. The average Bonchev–Trinajstić information content (AvgIpc) is 2.72. The van der Waals surface area contributed by atoms with Crippen LogP contribution >= 0.6 is 11.6 Å². The highest BCUT2D eigenvalue weighted by atomic mass is 35.5. The Morgan fingerprint density at radius 3 is 2.95 bits per heavy atom. The first kappa shape index (κ1) is 14.6. The fraction of sp³-hybridized carbons (Fsp3) is 0.667.